The molecule has 0 aliphatic heterocycles. The summed E-state index contributed by atoms with van der Waals surface area (Å²) >= 11 is 1.02. The van der Waals surface area contributed by atoms with E-state index in [1.807, 2.05) is 18.2 Å². The van der Waals surface area contributed by atoms with Crippen LogP contribution in [0.5, 0.6) is 11.5 Å². The Morgan fingerprint density at radius 3 is 2.38 bits per heavy atom. The largest absolute Gasteiger partial charge is 0.457 e. The van der Waals surface area contributed by atoms with Gasteiger partial charge in [0.25, 0.3) is 5.91 Å². The maximum absolute atomic E-state index is 12.5. The number of amides is 1. The lowest BCUT2D eigenvalue weighted by Crippen LogP contribution is -2.22. The molecule has 1 aromatic heterocycles. The Morgan fingerprint density at radius 1 is 1.00 bits per heavy atom. The summed E-state index contributed by atoms with van der Waals surface area (Å²) in [5, 5.41) is 7.85. The molecule has 0 saturated heterocycles. The molecule has 0 fully saturated rings. The van der Waals surface area contributed by atoms with Crippen LogP contribution in [0.15, 0.2) is 70.9 Å². The van der Waals surface area contributed by atoms with Crippen LogP contribution in [-0.4, -0.2) is 14.3 Å². The van der Waals surface area contributed by atoms with Crippen LogP contribution in [0.25, 0.3) is 0 Å². The van der Waals surface area contributed by atoms with Crippen molar-refractivity contribution in [3.05, 3.63) is 77.2 Å². The van der Waals surface area contributed by atoms with Gasteiger partial charge in [-0.05, 0) is 36.4 Å². The SMILES string of the molecule is NS(=O)(=O)c1ccc(CNC(=O)c2ccccc2Oc2ccccc2)s1. The fourth-order valence-electron chi connectivity index (χ4n) is 2.23. The van der Waals surface area contributed by atoms with Crippen molar-refractivity contribution in [3.8, 4) is 11.5 Å². The molecule has 8 heteroatoms. The van der Waals surface area contributed by atoms with Crippen molar-refractivity contribution < 1.29 is 17.9 Å². The van der Waals surface area contributed by atoms with Gasteiger partial charge in [-0.2, -0.15) is 0 Å². The molecule has 0 spiro atoms. The summed E-state index contributed by atoms with van der Waals surface area (Å²) in [6.45, 7) is 0.193. The second-order valence-electron chi connectivity index (χ2n) is 5.36. The van der Waals surface area contributed by atoms with Crippen LogP contribution in [0.2, 0.25) is 0 Å². The number of primary sulfonamides is 1. The van der Waals surface area contributed by atoms with E-state index in [2.05, 4.69) is 5.32 Å². The van der Waals surface area contributed by atoms with Gasteiger partial charge in [-0.15, -0.1) is 11.3 Å². The topological polar surface area (TPSA) is 98.5 Å². The molecule has 1 heterocycles. The van der Waals surface area contributed by atoms with Crippen molar-refractivity contribution in [3.63, 3.8) is 0 Å². The van der Waals surface area contributed by atoms with Crippen molar-refractivity contribution in [1.29, 1.82) is 0 Å². The van der Waals surface area contributed by atoms with Gasteiger partial charge in [-0.3, -0.25) is 4.79 Å². The molecule has 0 aliphatic carbocycles. The van der Waals surface area contributed by atoms with Crippen LogP contribution in [0, 0.1) is 0 Å². The molecule has 0 unspecified atom stereocenters. The summed E-state index contributed by atoms with van der Waals surface area (Å²) in [6.07, 6.45) is 0. The molecule has 0 atom stereocenters. The summed E-state index contributed by atoms with van der Waals surface area (Å²) in [4.78, 5) is 13.2. The summed E-state index contributed by atoms with van der Waals surface area (Å²) < 4.78 is 28.5. The molecule has 3 N–H and O–H groups in total. The van der Waals surface area contributed by atoms with E-state index in [1.165, 1.54) is 6.07 Å². The fraction of sp³-hybridized carbons (Fsp3) is 0.0556. The van der Waals surface area contributed by atoms with Crippen LogP contribution in [-0.2, 0) is 16.6 Å². The predicted molar refractivity (Wildman–Crippen MR) is 99.8 cm³/mol. The van der Waals surface area contributed by atoms with Gasteiger partial charge in [-0.25, -0.2) is 13.6 Å². The highest BCUT2D eigenvalue weighted by Crippen LogP contribution is 2.25. The molecule has 134 valence electrons. The molecule has 1 amide bonds. The van der Waals surface area contributed by atoms with E-state index >= 15 is 0 Å². The smallest absolute Gasteiger partial charge is 0.255 e. The van der Waals surface area contributed by atoms with Crippen LogP contribution in [0.4, 0.5) is 0 Å². The van der Waals surface area contributed by atoms with Gasteiger partial charge in [0.15, 0.2) is 0 Å². The minimum absolute atomic E-state index is 0.0644. The summed E-state index contributed by atoms with van der Waals surface area (Å²) in [5.74, 6) is 0.749. The minimum atomic E-state index is -3.73. The Morgan fingerprint density at radius 2 is 1.69 bits per heavy atom. The second-order valence-corrected chi connectivity index (χ2v) is 8.32. The van der Waals surface area contributed by atoms with Gasteiger partial charge in [0.1, 0.15) is 15.7 Å². The zero-order valence-corrected chi connectivity index (χ0v) is 15.2. The maximum Gasteiger partial charge on any atom is 0.255 e. The number of para-hydroxylation sites is 2. The lowest BCUT2D eigenvalue weighted by Gasteiger charge is -2.11. The molecule has 6 nitrogen and oxygen atoms in total. The number of rotatable bonds is 6. The summed E-state index contributed by atoms with van der Waals surface area (Å²) in [5.41, 5.74) is 0.388. The monoisotopic (exact) mass is 388 g/mol. The van der Waals surface area contributed by atoms with Gasteiger partial charge < -0.3 is 10.1 Å². The average Bonchev–Trinajstić information content (AvgIpc) is 3.10. The van der Waals surface area contributed by atoms with Crippen LogP contribution in [0.3, 0.4) is 0 Å². The highest BCUT2D eigenvalue weighted by molar-refractivity contribution is 7.91. The predicted octanol–water partition coefficient (Wildman–Crippen LogP) is 3.12. The number of hydrogen-bond donors (Lipinski definition) is 2. The first kappa shape index (κ1) is 18.1. The molecule has 3 rings (SSSR count). The van der Waals surface area contributed by atoms with Crippen LogP contribution in [0.1, 0.15) is 15.2 Å². The highest BCUT2D eigenvalue weighted by Gasteiger charge is 2.15. The quantitative estimate of drug-likeness (QED) is 0.678. The van der Waals surface area contributed by atoms with Crippen LogP contribution >= 0.6 is 11.3 Å². The average molecular weight is 388 g/mol. The molecule has 2 aromatic carbocycles. The lowest BCUT2D eigenvalue weighted by molar-refractivity contribution is 0.0949. The third kappa shape index (κ3) is 4.48. The first-order valence-electron chi connectivity index (χ1n) is 7.65. The molecule has 0 radical (unpaired) electrons. The van der Waals surface area contributed by atoms with Crippen molar-refractivity contribution >= 4 is 27.3 Å². The second kappa shape index (κ2) is 7.69. The zero-order valence-electron chi connectivity index (χ0n) is 13.6. The molecular weight excluding hydrogens is 372 g/mol. The van der Waals surface area contributed by atoms with Crippen LogP contribution < -0.4 is 15.2 Å². The van der Waals surface area contributed by atoms with E-state index in [-0.39, 0.29) is 16.7 Å². The van der Waals surface area contributed by atoms with E-state index in [9.17, 15) is 13.2 Å². The van der Waals surface area contributed by atoms with Crippen molar-refractivity contribution in [1.82, 2.24) is 5.32 Å². The third-order valence-electron chi connectivity index (χ3n) is 3.44. The Labute approximate surface area is 155 Å². The normalized spacial score (nSPS) is 11.1. The number of sulfonamides is 1. The third-order valence-corrected chi connectivity index (χ3v) is 5.97. The number of ether oxygens (including phenoxy) is 1. The van der Waals surface area contributed by atoms with E-state index in [4.69, 9.17) is 9.88 Å². The number of benzene rings is 2. The fourth-order valence-corrected chi connectivity index (χ4v) is 3.95. The number of nitrogens with two attached hydrogens (primary N) is 1. The number of carbonyl (C=O) groups excluding carboxylic acids is 1. The number of thiophene rings is 1. The summed E-state index contributed by atoms with van der Waals surface area (Å²) in [6, 6.07) is 19.1. The van der Waals surface area contributed by atoms with E-state index in [1.54, 1.807) is 42.5 Å². The first-order chi connectivity index (χ1) is 12.4. The Balaban J connectivity index is 1.71. The first-order valence-corrected chi connectivity index (χ1v) is 10.0. The zero-order chi connectivity index (χ0) is 18.6. The van der Waals surface area contributed by atoms with Gasteiger partial charge in [0, 0.05) is 4.88 Å². The highest BCUT2D eigenvalue weighted by atomic mass is 32.2. The molecule has 3 aromatic rings. The molecule has 0 saturated carbocycles. The summed E-state index contributed by atoms with van der Waals surface area (Å²) in [7, 11) is -3.73. The van der Waals surface area contributed by atoms with Gasteiger partial charge in [0.05, 0.1) is 12.1 Å². The molecule has 26 heavy (non-hydrogen) atoms. The Bertz CT molecular complexity index is 1010. The molecule has 0 aliphatic rings. The lowest BCUT2D eigenvalue weighted by atomic mass is 10.2. The number of carbonyl (C=O) groups is 1. The Hall–Kier alpha value is -2.68. The number of hydrogen-bond acceptors (Lipinski definition) is 5. The van der Waals surface area contributed by atoms with Crippen molar-refractivity contribution in [2.45, 2.75) is 10.8 Å². The Kier molecular flexibility index (Phi) is 5.36. The minimum Gasteiger partial charge on any atom is -0.457 e. The van der Waals surface area contributed by atoms with Crippen molar-refractivity contribution in [2.75, 3.05) is 0 Å². The van der Waals surface area contributed by atoms with E-state index in [0.29, 0.717) is 21.9 Å². The van der Waals surface area contributed by atoms with Gasteiger partial charge in [0.2, 0.25) is 10.0 Å². The molecular formula is C18H16N2O4S2. The van der Waals surface area contributed by atoms with Gasteiger partial charge in [-0.1, -0.05) is 30.3 Å². The standard InChI is InChI=1S/C18H16N2O4S2/c19-26(22,23)17-11-10-14(25-17)12-20-18(21)15-8-4-5-9-16(15)24-13-6-2-1-3-7-13/h1-11H,12H2,(H,20,21)(H2,19,22,23). The maximum atomic E-state index is 12.5. The van der Waals surface area contributed by atoms with Crippen molar-refractivity contribution in [2.24, 2.45) is 5.14 Å². The van der Waals surface area contributed by atoms with Gasteiger partial charge >= 0.3 is 0 Å². The van der Waals surface area contributed by atoms with E-state index in [0.717, 1.165) is 11.3 Å². The van der Waals surface area contributed by atoms with E-state index < -0.39 is 10.0 Å². The molecule has 0 bridgehead atoms. The number of nitrogens with one attached hydrogen (secondary N) is 1.